The topological polar surface area (TPSA) is 95.5 Å². The summed E-state index contributed by atoms with van der Waals surface area (Å²) >= 11 is 0. The molecule has 0 spiro atoms. The molecule has 1 aromatic rings. The Hall–Kier alpha value is -1.86. The molecular formula is C14H20N2O4S. The number of benzene rings is 1. The quantitative estimate of drug-likeness (QED) is 0.640. The van der Waals surface area contributed by atoms with E-state index in [-0.39, 0.29) is 0 Å². The van der Waals surface area contributed by atoms with Crippen LogP contribution in [-0.2, 0) is 21.4 Å². The Balaban J connectivity index is 2.96. The highest BCUT2D eigenvalue weighted by molar-refractivity contribution is 7.90. The Morgan fingerprint density at radius 3 is 2.62 bits per heavy atom. The third-order valence-corrected chi connectivity index (χ3v) is 3.79. The summed E-state index contributed by atoms with van der Waals surface area (Å²) in [5, 5.41) is 8.60. The zero-order chi connectivity index (χ0) is 15.9. The van der Waals surface area contributed by atoms with Crippen molar-refractivity contribution in [2.24, 2.45) is 0 Å². The van der Waals surface area contributed by atoms with Crippen LogP contribution in [0.1, 0.15) is 31.4 Å². The lowest BCUT2D eigenvalue weighted by molar-refractivity contribution is -0.131. The second-order valence-corrected chi connectivity index (χ2v) is 5.94. The summed E-state index contributed by atoms with van der Waals surface area (Å²) in [6, 6.07) is 5.05. The van der Waals surface area contributed by atoms with Gasteiger partial charge in [0, 0.05) is 12.6 Å². The van der Waals surface area contributed by atoms with Crippen LogP contribution in [0.15, 0.2) is 24.3 Å². The number of carboxylic acid groups (broad SMARTS) is 1. The number of rotatable bonds is 8. The van der Waals surface area contributed by atoms with Gasteiger partial charge in [0.05, 0.1) is 5.69 Å². The zero-order valence-electron chi connectivity index (χ0n) is 12.1. The molecule has 0 radical (unpaired) electrons. The Labute approximate surface area is 125 Å². The Morgan fingerprint density at radius 2 is 2.05 bits per heavy atom. The summed E-state index contributed by atoms with van der Waals surface area (Å²) in [7, 11) is -3.58. The van der Waals surface area contributed by atoms with Gasteiger partial charge in [-0.1, -0.05) is 19.9 Å². The van der Waals surface area contributed by atoms with Gasteiger partial charge in [-0.05, 0) is 42.2 Å². The molecule has 0 saturated heterocycles. The van der Waals surface area contributed by atoms with Crippen LogP contribution in [0.25, 0.3) is 6.08 Å². The minimum atomic E-state index is -3.58. The van der Waals surface area contributed by atoms with E-state index < -0.39 is 16.2 Å². The summed E-state index contributed by atoms with van der Waals surface area (Å²) in [5.74, 6) is -1.03. The van der Waals surface area contributed by atoms with Crippen LogP contribution in [0.4, 0.5) is 5.69 Å². The van der Waals surface area contributed by atoms with E-state index in [1.54, 1.807) is 18.2 Å². The van der Waals surface area contributed by atoms with Crippen molar-refractivity contribution in [2.75, 3.05) is 11.3 Å². The van der Waals surface area contributed by atoms with Gasteiger partial charge in [-0.2, -0.15) is 13.1 Å². The van der Waals surface area contributed by atoms with Gasteiger partial charge in [-0.3, -0.25) is 4.72 Å². The van der Waals surface area contributed by atoms with E-state index in [0.29, 0.717) is 30.6 Å². The van der Waals surface area contributed by atoms with E-state index in [1.807, 2.05) is 13.8 Å². The fourth-order valence-corrected chi connectivity index (χ4v) is 2.73. The summed E-state index contributed by atoms with van der Waals surface area (Å²) < 4.78 is 28.5. The van der Waals surface area contributed by atoms with Crippen molar-refractivity contribution in [1.82, 2.24) is 4.72 Å². The number of hydrogen-bond donors (Lipinski definition) is 3. The molecule has 0 unspecified atom stereocenters. The van der Waals surface area contributed by atoms with Gasteiger partial charge in [-0.25, -0.2) is 4.79 Å². The van der Waals surface area contributed by atoms with Crippen molar-refractivity contribution >= 4 is 27.9 Å². The highest BCUT2D eigenvalue weighted by atomic mass is 32.2. The third-order valence-electron chi connectivity index (χ3n) is 2.71. The van der Waals surface area contributed by atoms with Gasteiger partial charge >= 0.3 is 5.97 Å². The molecule has 0 heterocycles. The zero-order valence-corrected chi connectivity index (χ0v) is 12.9. The molecular weight excluding hydrogens is 292 g/mol. The monoisotopic (exact) mass is 312 g/mol. The molecule has 1 aromatic carbocycles. The summed E-state index contributed by atoms with van der Waals surface area (Å²) in [6.07, 6.45) is 3.84. The molecule has 21 heavy (non-hydrogen) atoms. The SMILES string of the molecule is CCCNS(=O)(=O)Nc1ccc(/C=C/C(=O)O)cc1CC. The molecule has 0 atom stereocenters. The van der Waals surface area contributed by atoms with E-state index in [0.717, 1.165) is 11.6 Å². The van der Waals surface area contributed by atoms with Crippen molar-refractivity contribution in [2.45, 2.75) is 26.7 Å². The number of nitrogens with one attached hydrogen (secondary N) is 2. The van der Waals surface area contributed by atoms with Crippen LogP contribution in [0.3, 0.4) is 0 Å². The van der Waals surface area contributed by atoms with E-state index in [4.69, 9.17) is 5.11 Å². The van der Waals surface area contributed by atoms with Crippen molar-refractivity contribution in [3.63, 3.8) is 0 Å². The molecule has 0 saturated carbocycles. The van der Waals surface area contributed by atoms with Gasteiger partial charge in [0.1, 0.15) is 0 Å². The molecule has 0 fully saturated rings. The average molecular weight is 312 g/mol. The lowest BCUT2D eigenvalue weighted by atomic mass is 10.1. The number of hydrogen-bond acceptors (Lipinski definition) is 3. The van der Waals surface area contributed by atoms with Crippen LogP contribution >= 0.6 is 0 Å². The van der Waals surface area contributed by atoms with Crippen LogP contribution in [-0.4, -0.2) is 26.0 Å². The molecule has 1 rings (SSSR count). The summed E-state index contributed by atoms with van der Waals surface area (Å²) in [4.78, 5) is 10.5. The number of carbonyl (C=O) groups is 1. The molecule has 116 valence electrons. The molecule has 0 amide bonds. The van der Waals surface area contributed by atoms with Crippen molar-refractivity contribution in [3.05, 3.63) is 35.4 Å². The number of anilines is 1. The number of carboxylic acids is 1. The third kappa shape index (κ3) is 5.97. The van der Waals surface area contributed by atoms with E-state index in [9.17, 15) is 13.2 Å². The van der Waals surface area contributed by atoms with Gasteiger partial charge in [0.25, 0.3) is 10.2 Å². The first-order chi connectivity index (χ1) is 9.88. The largest absolute Gasteiger partial charge is 0.478 e. The molecule has 3 N–H and O–H groups in total. The highest BCUT2D eigenvalue weighted by Crippen LogP contribution is 2.20. The smallest absolute Gasteiger partial charge is 0.328 e. The molecule has 6 nitrogen and oxygen atoms in total. The van der Waals surface area contributed by atoms with E-state index >= 15 is 0 Å². The van der Waals surface area contributed by atoms with Crippen LogP contribution in [0, 0.1) is 0 Å². The maximum absolute atomic E-state index is 11.8. The predicted octanol–water partition coefficient (Wildman–Crippen LogP) is 2.00. The standard InChI is InChI=1S/C14H20N2O4S/c1-3-9-15-21(19,20)16-13-7-5-11(6-8-14(17)18)10-12(13)4-2/h5-8,10,15-16H,3-4,9H2,1-2H3,(H,17,18)/b8-6+. The normalized spacial score (nSPS) is 11.7. The first-order valence-corrected chi connectivity index (χ1v) is 8.17. The molecule has 7 heteroatoms. The Morgan fingerprint density at radius 1 is 1.33 bits per heavy atom. The van der Waals surface area contributed by atoms with Crippen LogP contribution in [0.2, 0.25) is 0 Å². The molecule has 0 aliphatic rings. The molecule has 0 aliphatic carbocycles. The number of aliphatic carboxylic acids is 1. The van der Waals surface area contributed by atoms with Crippen molar-refractivity contribution < 1.29 is 18.3 Å². The average Bonchev–Trinajstić information content (AvgIpc) is 2.43. The van der Waals surface area contributed by atoms with E-state index in [2.05, 4.69) is 9.44 Å². The van der Waals surface area contributed by atoms with Gasteiger partial charge in [-0.15, -0.1) is 0 Å². The predicted molar refractivity (Wildman–Crippen MR) is 83.3 cm³/mol. The molecule has 0 bridgehead atoms. The van der Waals surface area contributed by atoms with Crippen molar-refractivity contribution in [1.29, 1.82) is 0 Å². The maximum atomic E-state index is 11.8. The Kier molecular flexibility index (Phi) is 6.39. The van der Waals surface area contributed by atoms with Crippen LogP contribution < -0.4 is 9.44 Å². The van der Waals surface area contributed by atoms with Gasteiger partial charge in [0.15, 0.2) is 0 Å². The Bertz CT molecular complexity index is 624. The number of aryl methyl sites for hydroxylation is 1. The minimum absolute atomic E-state index is 0.371. The second-order valence-electron chi connectivity index (χ2n) is 4.44. The first kappa shape index (κ1) is 17.2. The fraction of sp³-hybridized carbons (Fsp3) is 0.357. The second kappa shape index (κ2) is 7.80. The van der Waals surface area contributed by atoms with Gasteiger partial charge < -0.3 is 5.11 Å². The van der Waals surface area contributed by atoms with E-state index in [1.165, 1.54) is 6.08 Å². The summed E-state index contributed by atoms with van der Waals surface area (Å²) in [6.45, 7) is 4.15. The molecule has 0 aliphatic heterocycles. The minimum Gasteiger partial charge on any atom is -0.478 e. The van der Waals surface area contributed by atoms with Crippen molar-refractivity contribution in [3.8, 4) is 0 Å². The summed E-state index contributed by atoms with van der Waals surface area (Å²) in [5.41, 5.74) is 2.00. The lowest BCUT2D eigenvalue weighted by Gasteiger charge is -2.12. The fourth-order valence-electron chi connectivity index (χ4n) is 1.69. The van der Waals surface area contributed by atoms with Gasteiger partial charge in [0.2, 0.25) is 0 Å². The lowest BCUT2D eigenvalue weighted by Crippen LogP contribution is -2.31. The highest BCUT2D eigenvalue weighted by Gasteiger charge is 2.11. The first-order valence-electron chi connectivity index (χ1n) is 6.69. The van der Waals surface area contributed by atoms with Crippen LogP contribution in [0.5, 0.6) is 0 Å². The molecule has 0 aromatic heterocycles. The maximum Gasteiger partial charge on any atom is 0.328 e.